The molecule has 0 spiro atoms. The number of carbonyl (C=O) groups is 1. The van der Waals surface area contributed by atoms with Crippen molar-refractivity contribution in [3.05, 3.63) is 0 Å². The summed E-state index contributed by atoms with van der Waals surface area (Å²) in [5.74, 6) is 0.241. The Hall–Kier alpha value is -0.660. The van der Waals surface area contributed by atoms with E-state index in [0.29, 0.717) is 39.1 Å². The fourth-order valence-corrected chi connectivity index (χ4v) is 3.83. The van der Waals surface area contributed by atoms with Crippen LogP contribution in [-0.2, 0) is 14.8 Å². The first-order valence-electron chi connectivity index (χ1n) is 7.39. The average Bonchev–Trinajstić information content (AvgIpc) is 2.44. The predicted molar refractivity (Wildman–Crippen MR) is 79.9 cm³/mol. The van der Waals surface area contributed by atoms with Crippen molar-refractivity contribution in [3.8, 4) is 0 Å². The van der Waals surface area contributed by atoms with Gasteiger partial charge < -0.3 is 10.2 Å². The van der Waals surface area contributed by atoms with Gasteiger partial charge in [-0.1, -0.05) is 20.8 Å². The van der Waals surface area contributed by atoms with Crippen LogP contribution in [0.25, 0.3) is 0 Å². The molecule has 0 bridgehead atoms. The van der Waals surface area contributed by atoms with Crippen molar-refractivity contribution < 1.29 is 13.2 Å². The fourth-order valence-electron chi connectivity index (χ4n) is 2.33. The maximum Gasteiger partial charge on any atom is 0.226 e. The van der Waals surface area contributed by atoms with Crippen molar-refractivity contribution in [1.29, 1.82) is 0 Å². The molecule has 0 saturated carbocycles. The summed E-state index contributed by atoms with van der Waals surface area (Å²) in [7, 11) is -3.13. The molecule has 1 unspecified atom stereocenters. The van der Waals surface area contributed by atoms with Crippen LogP contribution < -0.4 is 5.32 Å². The van der Waals surface area contributed by atoms with Crippen LogP contribution in [0, 0.1) is 5.92 Å². The van der Waals surface area contributed by atoms with Gasteiger partial charge in [0.2, 0.25) is 15.9 Å². The zero-order valence-corrected chi connectivity index (χ0v) is 13.6. The Balaban J connectivity index is 2.48. The van der Waals surface area contributed by atoms with Gasteiger partial charge in [-0.2, -0.15) is 4.31 Å². The summed E-state index contributed by atoms with van der Waals surface area (Å²) in [6, 6.07) is 0. The number of carbonyl (C=O) groups excluding carboxylic acids is 1. The third-order valence-electron chi connectivity index (χ3n) is 3.53. The quantitative estimate of drug-likeness (QED) is 0.725. The molecule has 1 saturated heterocycles. The van der Waals surface area contributed by atoms with E-state index in [-0.39, 0.29) is 17.6 Å². The molecular formula is C13H27N3O3S. The van der Waals surface area contributed by atoms with E-state index in [0.717, 1.165) is 6.54 Å². The van der Waals surface area contributed by atoms with E-state index in [9.17, 15) is 13.2 Å². The maximum atomic E-state index is 12.2. The van der Waals surface area contributed by atoms with Gasteiger partial charge in [0.25, 0.3) is 0 Å². The van der Waals surface area contributed by atoms with E-state index in [1.54, 1.807) is 4.90 Å². The molecule has 0 radical (unpaired) electrons. The van der Waals surface area contributed by atoms with Gasteiger partial charge in [0, 0.05) is 38.6 Å². The molecule has 1 heterocycles. The summed E-state index contributed by atoms with van der Waals surface area (Å²) in [4.78, 5) is 14.0. The smallest absolute Gasteiger partial charge is 0.226 e. The van der Waals surface area contributed by atoms with E-state index in [1.807, 2.05) is 20.8 Å². The maximum absolute atomic E-state index is 12.2. The Kier molecular flexibility index (Phi) is 6.91. The van der Waals surface area contributed by atoms with Crippen molar-refractivity contribution in [1.82, 2.24) is 14.5 Å². The highest BCUT2D eigenvalue weighted by Gasteiger charge is 2.29. The van der Waals surface area contributed by atoms with Crippen LogP contribution in [0.1, 0.15) is 27.2 Å². The van der Waals surface area contributed by atoms with Gasteiger partial charge in [-0.15, -0.1) is 0 Å². The van der Waals surface area contributed by atoms with E-state index in [1.165, 1.54) is 4.31 Å². The van der Waals surface area contributed by atoms with E-state index in [4.69, 9.17) is 0 Å². The van der Waals surface area contributed by atoms with Gasteiger partial charge in [-0.05, 0) is 13.0 Å². The van der Waals surface area contributed by atoms with Crippen LogP contribution in [0.4, 0.5) is 0 Å². The van der Waals surface area contributed by atoms with Gasteiger partial charge in [-0.3, -0.25) is 4.79 Å². The Bertz CT molecular complexity index is 403. The second-order valence-electron chi connectivity index (χ2n) is 5.25. The number of hydrogen-bond donors (Lipinski definition) is 1. The first-order chi connectivity index (χ1) is 9.42. The minimum atomic E-state index is -3.13. The second-order valence-corrected chi connectivity index (χ2v) is 7.34. The van der Waals surface area contributed by atoms with Gasteiger partial charge in [0.15, 0.2) is 0 Å². The van der Waals surface area contributed by atoms with Crippen LogP contribution >= 0.6 is 0 Å². The average molecular weight is 305 g/mol. The third-order valence-corrected chi connectivity index (χ3v) is 5.60. The minimum Gasteiger partial charge on any atom is -0.340 e. The van der Waals surface area contributed by atoms with Crippen LogP contribution in [0.15, 0.2) is 0 Å². The highest BCUT2D eigenvalue weighted by Crippen LogP contribution is 2.11. The molecule has 0 aliphatic carbocycles. The molecule has 1 fully saturated rings. The largest absolute Gasteiger partial charge is 0.340 e. The van der Waals surface area contributed by atoms with Gasteiger partial charge >= 0.3 is 0 Å². The van der Waals surface area contributed by atoms with E-state index in [2.05, 4.69) is 5.32 Å². The molecule has 1 aliphatic heterocycles. The van der Waals surface area contributed by atoms with E-state index < -0.39 is 10.0 Å². The molecule has 0 aromatic heterocycles. The summed E-state index contributed by atoms with van der Waals surface area (Å²) >= 11 is 0. The molecule has 0 aromatic carbocycles. The van der Waals surface area contributed by atoms with Crippen molar-refractivity contribution in [3.63, 3.8) is 0 Å². The first kappa shape index (κ1) is 17.4. The summed E-state index contributed by atoms with van der Waals surface area (Å²) in [5, 5.41) is 3.16. The molecule has 20 heavy (non-hydrogen) atoms. The molecule has 6 nitrogen and oxygen atoms in total. The minimum absolute atomic E-state index is 0.0613. The summed E-state index contributed by atoms with van der Waals surface area (Å²) in [6.45, 7) is 9.13. The van der Waals surface area contributed by atoms with E-state index >= 15 is 0 Å². The lowest BCUT2D eigenvalue weighted by molar-refractivity contribution is -0.136. The number of rotatable bonds is 7. The van der Waals surface area contributed by atoms with Crippen molar-refractivity contribution in [2.75, 3.05) is 45.0 Å². The topological polar surface area (TPSA) is 69.7 Å². The molecule has 1 rings (SSSR count). The van der Waals surface area contributed by atoms with Crippen LogP contribution in [0.3, 0.4) is 0 Å². The Morgan fingerprint density at radius 3 is 2.30 bits per heavy atom. The molecule has 1 atom stereocenters. The third kappa shape index (κ3) is 4.71. The van der Waals surface area contributed by atoms with Gasteiger partial charge in [0.1, 0.15) is 0 Å². The lowest BCUT2D eigenvalue weighted by Gasteiger charge is -2.35. The van der Waals surface area contributed by atoms with Gasteiger partial charge in [-0.25, -0.2) is 8.42 Å². The number of amides is 1. The van der Waals surface area contributed by atoms with Crippen molar-refractivity contribution in [2.45, 2.75) is 27.2 Å². The van der Waals surface area contributed by atoms with Gasteiger partial charge in [0.05, 0.1) is 5.75 Å². The Morgan fingerprint density at radius 1 is 1.20 bits per heavy atom. The normalized spacial score (nSPS) is 19.1. The highest BCUT2D eigenvalue weighted by molar-refractivity contribution is 7.89. The number of hydrogen-bond acceptors (Lipinski definition) is 4. The lowest BCUT2D eigenvalue weighted by atomic mass is 10.1. The fraction of sp³-hybridized carbons (Fsp3) is 0.923. The Morgan fingerprint density at radius 2 is 1.80 bits per heavy atom. The zero-order chi connectivity index (χ0) is 15.2. The molecule has 118 valence electrons. The van der Waals surface area contributed by atoms with Crippen LogP contribution in [-0.4, -0.2) is 68.6 Å². The lowest BCUT2D eigenvalue weighted by Crippen LogP contribution is -2.52. The number of piperazine rings is 1. The predicted octanol–water partition coefficient (Wildman–Crippen LogP) is 0.116. The summed E-state index contributed by atoms with van der Waals surface area (Å²) in [6.07, 6.45) is 0.626. The monoisotopic (exact) mass is 305 g/mol. The molecule has 7 heteroatoms. The van der Waals surface area contributed by atoms with Crippen molar-refractivity contribution in [2.24, 2.45) is 5.92 Å². The number of nitrogens with one attached hydrogen (secondary N) is 1. The second kappa shape index (κ2) is 7.95. The van der Waals surface area contributed by atoms with Crippen LogP contribution in [0.2, 0.25) is 0 Å². The van der Waals surface area contributed by atoms with Crippen LogP contribution in [0.5, 0.6) is 0 Å². The molecule has 0 aromatic rings. The number of nitrogens with zero attached hydrogens (tertiary/aromatic N) is 2. The number of sulfonamides is 1. The SMILES string of the molecule is CCCS(=O)(=O)N1CCN(C(=O)C(C)CNCC)CC1. The molecule has 1 amide bonds. The standard InChI is InChI=1S/C13H27N3O3S/c1-4-10-20(18,19)16-8-6-15(7-9-16)13(17)12(3)11-14-5-2/h12,14H,4-11H2,1-3H3. The first-order valence-corrected chi connectivity index (χ1v) is 9.00. The molecular weight excluding hydrogens is 278 g/mol. The Labute approximate surface area is 122 Å². The summed E-state index contributed by atoms with van der Waals surface area (Å²) in [5.41, 5.74) is 0. The summed E-state index contributed by atoms with van der Waals surface area (Å²) < 4.78 is 25.4. The molecule has 1 aliphatic rings. The van der Waals surface area contributed by atoms with Crippen molar-refractivity contribution >= 4 is 15.9 Å². The zero-order valence-electron chi connectivity index (χ0n) is 12.8. The highest BCUT2D eigenvalue weighted by atomic mass is 32.2. The molecule has 1 N–H and O–H groups in total.